The van der Waals surface area contributed by atoms with Crippen molar-refractivity contribution in [2.45, 2.75) is 13.0 Å². The molecule has 0 bridgehead atoms. The van der Waals surface area contributed by atoms with Gasteiger partial charge in [-0.2, -0.15) is 0 Å². The Balaban J connectivity index is 1.39. The number of carbonyl (C=O) groups excluding carboxylic acids is 1. The first-order valence-corrected chi connectivity index (χ1v) is 9.84. The lowest BCUT2D eigenvalue weighted by Gasteiger charge is -2.35. The summed E-state index contributed by atoms with van der Waals surface area (Å²) < 4.78 is 33.5. The lowest BCUT2D eigenvalue weighted by atomic mass is 10.2. The summed E-state index contributed by atoms with van der Waals surface area (Å²) in [5.41, 5.74) is 0.185. The van der Waals surface area contributed by atoms with Crippen LogP contribution in [0.3, 0.4) is 0 Å². The van der Waals surface area contributed by atoms with E-state index in [1.165, 1.54) is 17.4 Å². The number of ether oxygens (including phenoxy) is 1. The highest BCUT2D eigenvalue weighted by atomic mass is 32.1. The Morgan fingerprint density at radius 2 is 1.86 bits per heavy atom. The number of nitrogens with zero attached hydrogens (tertiary/aromatic N) is 3. The highest BCUT2D eigenvalue weighted by molar-refractivity contribution is 7.22. The van der Waals surface area contributed by atoms with E-state index in [2.05, 4.69) is 4.98 Å². The molecule has 3 aromatic rings. The SMILES string of the molecule is CC(Oc1ccccc1)C(=O)N1CCN(c2nc3c(F)cc(F)cc3s2)CC1. The minimum absolute atomic E-state index is 0.0686. The van der Waals surface area contributed by atoms with Crippen LogP contribution in [0, 0.1) is 11.6 Å². The predicted octanol–water partition coefficient (Wildman–Crippen LogP) is 3.69. The second-order valence-corrected chi connectivity index (χ2v) is 7.63. The van der Waals surface area contributed by atoms with Crippen LogP contribution in [0.5, 0.6) is 5.75 Å². The molecule has 0 saturated carbocycles. The van der Waals surface area contributed by atoms with E-state index in [9.17, 15) is 13.6 Å². The standard InChI is InChI=1S/C20H19F2N3O2S/c1-13(27-15-5-3-2-4-6-15)19(26)24-7-9-25(10-8-24)20-23-18-16(22)11-14(21)12-17(18)28-20/h2-6,11-13H,7-10H2,1H3. The maximum absolute atomic E-state index is 13.9. The summed E-state index contributed by atoms with van der Waals surface area (Å²) in [6, 6.07) is 11.4. The van der Waals surface area contributed by atoms with Crippen LogP contribution < -0.4 is 9.64 Å². The third-order valence-electron chi connectivity index (χ3n) is 4.67. The number of rotatable bonds is 4. The van der Waals surface area contributed by atoms with Crippen LogP contribution in [0.2, 0.25) is 0 Å². The highest BCUT2D eigenvalue weighted by Crippen LogP contribution is 2.31. The highest BCUT2D eigenvalue weighted by Gasteiger charge is 2.27. The summed E-state index contributed by atoms with van der Waals surface area (Å²) in [5, 5.41) is 0.639. The maximum atomic E-state index is 13.9. The van der Waals surface area contributed by atoms with Gasteiger partial charge in [-0.3, -0.25) is 4.79 Å². The molecule has 8 heteroatoms. The second-order valence-electron chi connectivity index (χ2n) is 6.62. The van der Waals surface area contributed by atoms with Crippen molar-refractivity contribution in [1.82, 2.24) is 9.88 Å². The van der Waals surface area contributed by atoms with Gasteiger partial charge in [0.05, 0.1) is 4.70 Å². The van der Waals surface area contributed by atoms with Gasteiger partial charge in [0, 0.05) is 32.2 Å². The molecular formula is C20H19F2N3O2S. The van der Waals surface area contributed by atoms with Crippen LogP contribution in [0.1, 0.15) is 6.92 Å². The number of hydrogen-bond acceptors (Lipinski definition) is 5. The zero-order valence-corrected chi connectivity index (χ0v) is 16.1. The molecule has 28 heavy (non-hydrogen) atoms. The molecule has 1 aliphatic heterocycles. The van der Waals surface area contributed by atoms with Crippen LogP contribution in [0.4, 0.5) is 13.9 Å². The van der Waals surface area contributed by atoms with Crippen LogP contribution in [0.25, 0.3) is 10.2 Å². The Morgan fingerprint density at radius 3 is 2.57 bits per heavy atom. The normalized spacial score (nSPS) is 15.7. The molecule has 1 saturated heterocycles. The first kappa shape index (κ1) is 18.6. The Bertz CT molecular complexity index is 988. The second kappa shape index (κ2) is 7.71. The summed E-state index contributed by atoms with van der Waals surface area (Å²) in [6.07, 6.45) is -0.575. The fraction of sp³-hybridized carbons (Fsp3) is 0.300. The zero-order chi connectivity index (χ0) is 19.7. The van der Waals surface area contributed by atoms with E-state index < -0.39 is 17.7 Å². The van der Waals surface area contributed by atoms with Gasteiger partial charge in [0.25, 0.3) is 5.91 Å². The quantitative estimate of drug-likeness (QED) is 0.667. The van der Waals surface area contributed by atoms with E-state index in [0.717, 1.165) is 6.07 Å². The number of thiazole rings is 1. The van der Waals surface area contributed by atoms with Gasteiger partial charge in [-0.1, -0.05) is 29.5 Å². The van der Waals surface area contributed by atoms with Crippen molar-refractivity contribution < 1.29 is 18.3 Å². The molecule has 0 aliphatic carbocycles. The van der Waals surface area contributed by atoms with E-state index in [1.54, 1.807) is 11.8 Å². The number of para-hydroxylation sites is 1. The maximum Gasteiger partial charge on any atom is 0.263 e. The van der Waals surface area contributed by atoms with E-state index in [4.69, 9.17) is 4.74 Å². The molecule has 146 valence electrons. The van der Waals surface area contributed by atoms with Crippen molar-refractivity contribution in [3.63, 3.8) is 0 Å². The van der Waals surface area contributed by atoms with Gasteiger partial charge in [0.2, 0.25) is 0 Å². The molecule has 0 spiro atoms. The van der Waals surface area contributed by atoms with Crippen LogP contribution in [-0.4, -0.2) is 48.1 Å². The molecule has 0 radical (unpaired) electrons. The van der Waals surface area contributed by atoms with Gasteiger partial charge in [-0.15, -0.1) is 0 Å². The molecule has 1 atom stereocenters. The zero-order valence-electron chi connectivity index (χ0n) is 15.3. The number of carbonyl (C=O) groups is 1. The summed E-state index contributed by atoms with van der Waals surface area (Å²) in [7, 11) is 0. The third-order valence-corrected chi connectivity index (χ3v) is 5.73. The van der Waals surface area contributed by atoms with Gasteiger partial charge in [0.1, 0.15) is 17.1 Å². The van der Waals surface area contributed by atoms with Gasteiger partial charge >= 0.3 is 0 Å². The lowest BCUT2D eigenvalue weighted by Crippen LogP contribution is -2.52. The number of fused-ring (bicyclic) bond motifs is 1. The molecule has 2 aromatic carbocycles. The molecule has 1 aromatic heterocycles. The number of piperazine rings is 1. The van der Waals surface area contributed by atoms with Crippen molar-refractivity contribution in [1.29, 1.82) is 0 Å². The van der Waals surface area contributed by atoms with Crippen LogP contribution in [0.15, 0.2) is 42.5 Å². The topological polar surface area (TPSA) is 45.7 Å². The number of anilines is 1. The van der Waals surface area contributed by atoms with E-state index in [1.807, 2.05) is 35.2 Å². The van der Waals surface area contributed by atoms with E-state index >= 15 is 0 Å². The lowest BCUT2D eigenvalue weighted by molar-refractivity contribution is -0.138. The molecule has 1 fully saturated rings. The minimum atomic E-state index is -0.654. The van der Waals surface area contributed by atoms with Crippen molar-refractivity contribution in [3.8, 4) is 5.75 Å². The molecule has 0 N–H and O–H groups in total. The third kappa shape index (κ3) is 3.77. The Hall–Kier alpha value is -2.74. The summed E-state index contributed by atoms with van der Waals surface area (Å²) >= 11 is 1.26. The summed E-state index contributed by atoms with van der Waals surface area (Å²) in [4.78, 5) is 20.7. The molecule has 2 heterocycles. The number of benzene rings is 2. The van der Waals surface area contributed by atoms with Crippen molar-refractivity contribution in [3.05, 3.63) is 54.1 Å². The largest absolute Gasteiger partial charge is 0.481 e. The molecule has 1 amide bonds. The predicted molar refractivity (Wildman–Crippen MR) is 105 cm³/mol. The monoisotopic (exact) mass is 403 g/mol. The van der Waals surface area contributed by atoms with Crippen LogP contribution in [-0.2, 0) is 4.79 Å². The van der Waals surface area contributed by atoms with E-state index in [-0.39, 0.29) is 11.4 Å². The smallest absolute Gasteiger partial charge is 0.263 e. The summed E-state index contributed by atoms with van der Waals surface area (Å²) in [5.74, 6) is -0.673. The van der Waals surface area contributed by atoms with Crippen molar-refractivity contribution in [2.75, 3.05) is 31.1 Å². The van der Waals surface area contributed by atoms with Gasteiger partial charge < -0.3 is 14.5 Å². The molecule has 5 nitrogen and oxygen atoms in total. The number of hydrogen-bond donors (Lipinski definition) is 0. The average molecular weight is 403 g/mol. The minimum Gasteiger partial charge on any atom is -0.481 e. The first-order chi connectivity index (χ1) is 13.5. The molecule has 4 rings (SSSR count). The number of halogens is 2. The van der Waals surface area contributed by atoms with Crippen molar-refractivity contribution >= 4 is 32.6 Å². The van der Waals surface area contributed by atoms with Gasteiger partial charge in [-0.05, 0) is 25.1 Å². The Morgan fingerprint density at radius 1 is 1.14 bits per heavy atom. The molecular weight excluding hydrogens is 384 g/mol. The van der Waals surface area contributed by atoms with Gasteiger partial charge in [0.15, 0.2) is 17.1 Å². The van der Waals surface area contributed by atoms with Crippen molar-refractivity contribution in [2.24, 2.45) is 0 Å². The van der Waals surface area contributed by atoms with Gasteiger partial charge in [-0.25, -0.2) is 13.8 Å². The number of aromatic nitrogens is 1. The summed E-state index contributed by atoms with van der Waals surface area (Å²) in [6.45, 7) is 3.94. The number of amides is 1. The molecule has 1 unspecified atom stereocenters. The van der Waals surface area contributed by atoms with Crippen LogP contribution >= 0.6 is 11.3 Å². The molecule has 1 aliphatic rings. The Labute approximate surface area is 165 Å². The first-order valence-electron chi connectivity index (χ1n) is 9.02. The Kier molecular flexibility index (Phi) is 5.13. The van der Waals surface area contributed by atoms with E-state index in [0.29, 0.717) is 41.8 Å². The fourth-order valence-corrected chi connectivity index (χ4v) is 4.27. The fourth-order valence-electron chi connectivity index (χ4n) is 3.21. The average Bonchev–Trinajstić information content (AvgIpc) is 3.13.